The first-order chi connectivity index (χ1) is 5.16. The van der Waals surface area contributed by atoms with Gasteiger partial charge in [0.05, 0.1) is 19.0 Å². The lowest BCUT2D eigenvalue weighted by Gasteiger charge is -2.08. The van der Waals surface area contributed by atoms with Gasteiger partial charge in [0.25, 0.3) is 0 Å². The van der Waals surface area contributed by atoms with Crippen molar-refractivity contribution in [1.29, 1.82) is 0 Å². The Kier molecular flexibility index (Phi) is 1.98. The molecule has 11 heavy (non-hydrogen) atoms. The van der Waals surface area contributed by atoms with Crippen LogP contribution in [0.5, 0.6) is 5.75 Å². The van der Waals surface area contributed by atoms with Gasteiger partial charge in [0, 0.05) is 11.3 Å². The van der Waals surface area contributed by atoms with E-state index >= 15 is 0 Å². The van der Waals surface area contributed by atoms with Crippen LogP contribution in [0.1, 0.15) is 11.3 Å². The standard InChI is InChI=1S/C8H12N2O/c1-5-6(2)10-4-7(9)8(5)11-3/h4H,9H2,1-3H3. The van der Waals surface area contributed by atoms with Crippen molar-refractivity contribution in [3.63, 3.8) is 0 Å². The van der Waals surface area contributed by atoms with E-state index in [-0.39, 0.29) is 0 Å². The van der Waals surface area contributed by atoms with Gasteiger partial charge in [0.15, 0.2) is 0 Å². The number of aromatic nitrogens is 1. The SMILES string of the molecule is COc1c(N)cnc(C)c1C. The second-order valence-electron chi connectivity index (χ2n) is 2.46. The summed E-state index contributed by atoms with van der Waals surface area (Å²) in [5.74, 6) is 0.734. The molecule has 3 heteroatoms. The summed E-state index contributed by atoms with van der Waals surface area (Å²) >= 11 is 0. The van der Waals surface area contributed by atoms with Crippen LogP contribution in [0.25, 0.3) is 0 Å². The van der Waals surface area contributed by atoms with Crippen molar-refractivity contribution in [1.82, 2.24) is 4.98 Å². The molecule has 1 aromatic heterocycles. The molecule has 0 amide bonds. The quantitative estimate of drug-likeness (QED) is 0.659. The van der Waals surface area contributed by atoms with Gasteiger partial charge in [0.2, 0.25) is 0 Å². The number of nitrogens with two attached hydrogens (primary N) is 1. The highest BCUT2D eigenvalue weighted by Crippen LogP contribution is 2.25. The van der Waals surface area contributed by atoms with Crippen LogP contribution in [0.2, 0.25) is 0 Å². The van der Waals surface area contributed by atoms with E-state index in [1.165, 1.54) is 0 Å². The largest absolute Gasteiger partial charge is 0.494 e. The van der Waals surface area contributed by atoms with Gasteiger partial charge in [-0.2, -0.15) is 0 Å². The molecule has 1 rings (SSSR count). The number of pyridine rings is 1. The zero-order valence-corrected chi connectivity index (χ0v) is 7.01. The van der Waals surface area contributed by atoms with E-state index in [0.717, 1.165) is 17.0 Å². The number of aryl methyl sites for hydroxylation is 1. The molecule has 0 aromatic carbocycles. The highest BCUT2D eigenvalue weighted by molar-refractivity contribution is 5.55. The topological polar surface area (TPSA) is 48.1 Å². The Morgan fingerprint density at radius 3 is 2.55 bits per heavy atom. The van der Waals surface area contributed by atoms with Crippen molar-refractivity contribution in [2.45, 2.75) is 13.8 Å². The maximum Gasteiger partial charge on any atom is 0.148 e. The Labute approximate surface area is 66.2 Å². The van der Waals surface area contributed by atoms with Gasteiger partial charge in [-0.15, -0.1) is 0 Å². The normalized spacial score (nSPS) is 9.73. The first-order valence-electron chi connectivity index (χ1n) is 3.42. The monoisotopic (exact) mass is 152 g/mol. The summed E-state index contributed by atoms with van der Waals surface area (Å²) in [6.07, 6.45) is 1.61. The number of hydrogen-bond donors (Lipinski definition) is 1. The molecule has 0 saturated carbocycles. The molecular formula is C8H12N2O. The minimum Gasteiger partial charge on any atom is -0.494 e. The molecule has 0 spiro atoms. The van der Waals surface area contributed by atoms with E-state index in [2.05, 4.69) is 4.98 Å². The first-order valence-corrected chi connectivity index (χ1v) is 3.42. The molecular weight excluding hydrogens is 140 g/mol. The fraction of sp³-hybridized carbons (Fsp3) is 0.375. The van der Waals surface area contributed by atoms with Crippen molar-refractivity contribution < 1.29 is 4.74 Å². The summed E-state index contributed by atoms with van der Waals surface area (Å²) in [4.78, 5) is 4.08. The first kappa shape index (κ1) is 7.85. The van der Waals surface area contributed by atoms with Crippen LogP contribution in [0, 0.1) is 13.8 Å². The smallest absolute Gasteiger partial charge is 0.148 e. The summed E-state index contributed by atoms with van der Waals surface area (Å²) in [6, 6.07) is 0. The van der Waals surface area contributed by atoms with Crippen molar-refractivity contribution in [3.05, 3.63) is 17.5 Å². The van der Waals surface area contributed by atoms with E-state index in [9.17, 15) is 0 Å². The number of anilines is 1. The Morgan fingerprint density at radius 1 is 1.45 bits per heavy atom. The molecule has 0 aliphatic rings. The molecule has 1 heterocycles. The zero-order chi connectivity index (χ0) is 8.43. The number of ether oxygens (including phenoxy) is 1. The van der Waals surface area contributed by atoms with Crippen LogP contribution in [0.15, 0.2) is 6.20 Å². The van der Waals surface area contributed by atoms with Crippen molar-refractivity contribution in [3.8, 4) is 5.75 Å². The van der Waals surface area contributed by atoms with Crippen LogP contribution < -0.4 is 10.5 Å². The van der Waals surface area contributed by atoms with Gasteiger partial charge in [-0.3, -0.25) is 4.98 Å². The number of methoxy groups -OCH3 is 1. The van der Waals surface area contributed by atoms with Crippen LogP contribution in [0.4, 0.5) is 5.69 Å². The molecule has 3 nitrogen and oxygen atoms in total. The van der Waals surface area contributed by atoms with Crippen molar-refractivity contribution >= 4 is 5.69 Å². The molecule has 2 N–H and O–H groups in total. The van der Waals surface area contributed by atoms with E-state index in [1.54, 1.807) is 13.3 Å². The molecule has 60 valence electrons. The van der Waals surface area contributed by atoms with Gasteiger partial charge < -0.3 is 10.5 Å². The van der Waals surface area contributed by atoms with Gasteiger partial charge in [-0.25, -0.2) is 0 Å². The minimum absolute atomic E-state index is 0.593. The molecule has 0 saturated heterocycles. The predicted molar refractivity (Wildman–Crippen MR) is 44.7 cm³/mol. The molecule has 0 atom stereocenters. The third-order valence-corrected chi connectivity index (χ3v) is 1.75. The van der Waals surface area contributed by atoms with Gasteiger partial charge in [-0.05, 0) is 13.8 Å². The highest BCUT2D eigenvalue weighted by atomic mass is 16.5. The maximum atomic E-state index is 5.61. The fourth-order valence-corrected chi connectivity index (χ4v) is 0.974. The van der Waals surface area contributed by atoms with E-state index < -0.39 is 0 Å². The third kappa shape index (κ3) is 1.27. The highest BCUT2D eigenvalue weighted by Gasteiger charge is 2.05. The lowest BCUT2D eigenvalue weighted by molar-refractivity contribution is 0.413. The Bertz CT molecular complexity index is 271. The second kappa shape index (κ2) is 2.78. The lowest BCUT2D eigenvalue weighted by Crippen LogP contribution is -1.98. The number of nitrogens with zero attached hydrogens (tertiary/aromatic N) is 1. The predicted octanol–water partition coefficient (Wildman–Crippen LogP) is 1.29. The molecule has 0 bridgehead atoms. The lowest BCUT2D eigenvalue weighted by atomic mass is 10.2. The minimum atomic E-state index is 0.593. The summed E-state index contributed by atoms with van der Waals surface area (Å²) in [6.45, 7) is 3.87. The summed E-state index contributed by atoms with van der Waals surface area (Å²) < 4.78 is 5.09. The maximum absolute atomic E-state index is 5.61. The molecule has 0 aliphatic carbocycles. The molecule has 0 radical (unpaired) electrons. The third-order valence-electron chi connectivity index (χ3n) is 1.75. The van der Waals surface area contributed by atoms with Gasteiger partial charge in [-0.1, -0.05) is 0 Å². The van der Waals surface area contributed by atoms with Crippen LogP contribution in [-0.2, 0) is 0 Å². The average molecular weight is 152 g/mol. The van der Waals surface area contributed by atoms with Crippen LogP contribution in [0.3, 0.4) is 0 Å². The van der Waals surface area contributed by atoms with Crippen LogP contribution >= 0.6 is 0 Å². The molecule has 1 aromatic rings. The van der Waals surface area contributed by atoms with Crippen LogP contribution in [-0.4, -0.2) is 12.1 Å². The number of nitrogen functional groups attached to an aromatic ring is 1. The molecule has 0 aliphatic heterocycles. The van der Waals surface area contributed by atoms with Gasteiger partial charge >= 0.3 is 0 Å². The zero-order valence-electron chi connectivity index (χ0n) is 7.01. The van der Waals surface area contributed by atoms with E-state index in [1.807, 2.05) is 13.8 Å². The number of hydrogen-bond acceptors (Lipinski definition) is 3. The Balaban J connectivity index is 3.29. The van der Waals surface area contributed by atoms with E-state index in [4.69, 9.17) is 10.5 Å². The summed E-state index contributed by atoms with van der Waals surface area (Å²) in [5, 5.41) is 0. The molecule has 0 fully saturated rings. The van der Waals surface area contributed by atoms with Gasteiger partial charge in [0.1, 0.15) is 5.75 Å². The second-order valence-corrected chi connectivity index (χ2v) is 2.46. The summed E-state index contributed by atoms with van der Waals surface area (Å²) in [7, 11) is 1.61. The summed E-state index contributed by atoms with van der Waals surface area (Å²) in [5.41, 5.74) is 8.17. The van der Waals surface area contributed by atoms with Crippen molar-refractivity contribution in [2.75, 3.05) is 12.8 Å². The Morgan fingerprint density at radius 2 is 2.09 bits per heavy atom. The average Bonchev–Trinajstić information content (AvgIpc) is 1.99. The van der Waals surface area contributed by atoms with E-state index in [0.29, 0.717) is 5.69 Å². The number of rotatable bonds is 1. The Hall–Kier alpha value is -1.25. The van der Waals surface area contributed by atoms with Crippen molar-refractivity contribution in [2.24, 2.45) is 0 Å². The molecule has 0 unspecified atom stereocenters. The fourth-order valence-electron chi connectivity index (χ4n) is 0.974.